The van der Waals surface area contributed by atoms with Crippen LogP contribution in [0.1, 0.15) is 0 Å². The van der Waals surface area contributed by atoms with Crippen molar-refractivity contribution in [1.82, 2.24) is 0 Å². The maximum atomic E-state index is 8.36. The van der Waals surface area contributed by atoms with Crippen molar-refractivity contribution in [2.75, 3.05) is 0 Å². The molecule has 0 N–H and O–H groups in total. The van der Waals surface area contributed by atoms with Crippen LogP contribution in [0.4, 0.5) is 0 Å². The van der Waals surface area contributed by atoms with Crippen molar-refractivity contribution in [3.8, 4) is 0 Å². The van der Waals surface area contributed by atoms with E-state index in [1.54, 1.807) is 0 Å². The summed E-state index contributed by atoms with van der Waals surface area (Å²) in [5, 5.41) is 0. The topological polar surface area (TPSA) is 17.1 Å². The molecular formula is H4BaOSrTa. The monoisotopic (exact) mass is 427 g/mol. The van der Waals surface area contributed by atoms with Gasteiger partial charge < -0.3 is 0 Å². The fraction of sp³-hybridized carbons (Fsp3) is 0. The van der Waals surface area contributed by atoms with Gasteiger partial charge in [0, 0.05) is 0 Å². The van der Waals surface area contributed by atoms with Crippen LogP contribution in [0.5, 0.6) is 0 Å². The molecule has 1 nitrogen and oxygen atoms in total. The van der Waals surface area contributed by atoms with Crippen LogP contribution in [-0.2, 0) is 24.3 Å². The zero-order valence-corrected chi connectivity index (χ0v) is 4.07. The molecule has 0 saturated heterocycles. The van der Waals surface area contributed by atoms with Crippen LogP contribution in [0, 0.1) is 0 Å². The fourth-order valence-electron chi connectivity index (χ4n) is 0. The first-order valence-corrected chi connectivity index (χ1v) is 1.49. The third-order valence-electron chi connectivity index (χ3n) is 0. The zero-order valence-electron chi connectivity index (χ0n) is 0.855. The van der Waals surface area contributed by atoms with Crippen molar-refractivity contribution in [1.29, 1.82) is 0 Å². The summed E-state index contributed by atoms with van der Waals surface area (Å²) in [6, 6.07) is 0. The first-order valence-electron chi connectivity index (χ1n) is 0.183. The summed E-state index contributed by atoms with van der Waals surface area (Å²) in [5.74, 6) is 0. The Labute approximate surface area is 115 Å². The second kappa shape index (κ2) is 16.0. The van der Waals surface area contributed by atoms with Crippen LogP contribution >= 0.6 is 0 Å². The van der Waals surface area contributed by atoms with Crippen LogP contribution in [-0.4, -0.2) is 94.4 Å². The molecule has 0 aliphatic heterocycles. The third-order valence-corrected chi connectivity index (χ3v) is 0. The van der Waals surface area contributed by atoms with Crippen LogP contribution < -0.4 is 0 Å². The molecule has 0 amide bonds. The molecule has 0 atom stereocenters. The van der Waals surface area contributed by atoms with E-state index in [1.165, 1.54) is 0 Å². The molecule has 4 heavy (non-hydrogen) atoms. The number of hydrogen-bond acceptors (Lipinski definition) is 1. The Bertz CT molecular complexity index is 8.00. The first kappa shape index (κ1) is 15.6. The predicted molar refractivity (Wildman–Crippen MR) is 17.8 cm³/mol. The molecule has 0 aromatic rings. The standard InChI is InChI=1S/Ba.O.Sr.Ta.4H. The van der Waals surface area contributed by atoms with Crippen molar-refractivity contribution < 1.29 is 24.3 Å². The molecule has 0 bridgehead atoms. The molecule has 0 aliphatic carbocycles. The molecule has 4 heteroatoms. The molecule has 0 heterocycles. The average Bonchev–Trinajstić information content (AvgIpc) is 1.00. The Hall–Kier alpha value is 3.59. The summed E-state index contributed by atoms with van der Waals surface area (Å²) in [5.41, 5.74) is 0. The van der Waals surface area contributed by atoms with Gasteiger partial charge in [-0.15, -0.1) is 0 Å². The Morgan fingerprint density at radius 2 is 1.25 bits per heavy atom. The normalized spacial score (nSPS) is 0.750. The molecule has 0 spiro atoms. The number of rotatable bonds is 0. The number of hydrogen-bond donors (Lipinski definition) is 0. The summed E-state index contributed by atoms with van der Waals surface area (Å²) in [4.78, 5) is 0. The van der Waals surface area contributed by atoms with Gasteiger partial charge >= 0.3 is 119 Å². The molecular weight excluding hydrogens is 422 g/mol. The second-order valence-corrected chi connectivity index (χ2v) is 0. The zero-order chi connectivity index (χ0) is 2.00. The molecule has 19 valence electrons. The minimum absolute atomic E-state index is 0. The maximum absolute atomic E-state index is 8.36. The average molecular weight is 426 g/mol. The van der Waals surface area contributed by atoms with Gasteiger partial charge in [0.2, 0.25) is 0 Å². The van der Waals surface area contributed by atoms with Crippen molar-refractivity contribution >= 4 is 94.4 Å². The van der Waals surface area contributed by atoms with Gasteiger partial charge in [0.05, 0.1) is 0 Å². The molecule has 0 aliphatic rings. The summed E-state index contributed by atoms with van der Waals surface area (Å²) >= 11 is 0.194. The molecule has 0 radical (unpaired) electrons. The van der Waals surface area contributed by atoms with Gasteiger partial charge in [-0.25, -0.2) is 0 Å². The SMILES string of the molecule is [BaH2].[O]=[Ta].[SrH2]. The van der Waals surface area contributed by atoms with E-state index in [1.807, 2.05) is 0 Å². The predicted octanol–water partition coefficient (Wildman–Crippen LogP) is -1.95. The van der Waals surface area contributed by atoms with Crippen molar-refractivity contribution in [2.24, 2.45) is 0 Å². The van der Waals surface area contributed by atoms with E-state index < -0.39 is 0 Å². The van der Waals surface area contributed by atoms with Crippen LogP contribution in [0.3, 0.4) is 0 Å². The van der Waals surface area contributed by atoms with Gasteiger partial charge in [-0.3, -0.25) is 0 Å². The molecule has 0 fully saturated rings. The van der Waals surface area contributed by atoms with Gasteiger partial charge in [0.15, 0.2) is 0 Å². The van der Waals surface area contributed by atoms with E-state index >= 15 is 0 Å². The third kappa shape index (κ3) is 9.14. The Morgan fingerprint density at radius 1 is 1.25 bits per heavy atom. The van der Waals surface area contributed by atoms with E-state index in [9.17, 15) is 0 Å². The Morgan fingerprint density at radius 3 is 1.25 bits per heavy atom. The van der Waals surface area contributed by atoms with Gasteiger partial charge in [-0.2, -0.15) is 0 Å². The van der Waals surface area contributed by atoms with Crippen molar-refractivity contribution in [3.63, 3.8) is 0 Å². The van der Waals surface area contributed by atoms with E-state index in [-0.39, 0.29) is 115 Å². The molecule has 0 saturated carbocycles. The van der Waals surface area contributed by atoms with Gasteiger partial charge in [-0.1, -0.05) is 0 Å². The van der Waals surface area contributed by atoms with Crippen LogP contribution in [0.25, 0.3) is 0 Å². The van der Waals surface area contributed by atoms with E-state index in [0.29, 0.717) is 0 Å². The summed E-state index contributed by atoms with van der Waals surface area (Å²) in [7, 11) is 0. The molecule has 0 aromatic carbocycles. The van der Waals surface area contributed by atoms with Gasteiger partial charge in [0.25, 0.3) is 0 Å². The summed E-state index contributed by atoms with van der Waals surface area (Å²) in [6.07, 6.45) is 0. The molecule has 0 aromatic heterocycles. The van der Waals surface area contributed by atoms with Crippen molar-refractivity contribution in [3.05, 3.63) is 0 Å². The second-order valence-electron chi connectivity index (χ2n) is 0. The Balaban J connectivity index is -0.00000000500. The van der Waals surface area contributed by atoms with Crippen LogP contribution in [0.2, 0.25) is 0 Å². The minimum atomic E-state index is 0. The van der Waals surface area contributed by atoms with Gasteiger partial charge in [-0.05, 0) is 0 Å². The summed E-state index contributed by atoms with van der Waals surface area (Å²) < 4.78 is 8.36. The summed E-state index contributed by atoms with van der Waals surface area (Å²) in [6.45, 7) is 0. The fourth-order valence-corrected chi connectivity index (χ4v) is 0. The van der Waals surface area contributed by atoms with E-state index in [0.717, 1.165) is 0 Å². The van der Waals surface area contributed by atoms with Gasteiger partial charge in [0.1, 0.15) is 0 Å². The van der Waals surface area contributed by atoms with E-state index in [2.05, 4.69) is 0 Å². The molecule has 0 rings (SSSR count). The van der Waals surface area contributed by atoms with Crippen molar-refractivity contribution in [2.45, 2.75) is 0 Å². The van der Waals surface area contributed by atoms with E-state index in [4.69, 9.17) is 3.25 Å². The quantitative estimate of drug-likeness (QED) is 0.412. The van der Waals surface area contributed by atoms with Crippen LogP contribution in [0.15, 0.2) is 0 Å². The Kier molecular flexibility index (Phi) is 62.5. The first-order chi connectivity index (χ1) is 1.00. The molecule has 0 unspecified atom stereocenters.